The highest BCUT2D eigenvalue weighted by atomic mass is 32.1. The van der Waals surface area contributed by atoms with Gasteiger partial charge in [-0.25, -0.2) is 9.78 Å². The summed E-state index contributed by atoms with van der Waals surface area (Å²) in [6.07, 6.45) is 0.291. The summed E-state index contributed by atoms with van der Waals surface area (Å²) in [5.74, 6) is 0.533. The molecule has 3 aromatic rings. The van der Waals surface area contributed by atoms with Crippen molar-refractivity contribution < 1.29 is 19.0 Å². The number of aromatic nitrogens is 2. The Morgan fingerprint density at radius 3 is 2.88 bits per heavy atom. The van der Waals surface area contributed by atoms with Crippen molar-refractivity contribution in [2.75, 3.05) is 0 Å². The second kappa shape index (κ2) is 6.21. The molecule has 25 heavy (non-hydrogen) atoms. The molecule has 3 heterocycles. The lowest BCUT2D eigenvalue weighted by Gasteiger charge is -2.30. The van der Waals surface area contributed by atoms with Crippen LogP contribution in [0.3, 0.4) is 0 Å². The monoisotopic (exact) mass is 358 g/mol. The smallest absolute Gasteiger partial charge is 0.351 e. The molecule has 128 valence electrons. The second-order valence-electron chi connectivity index (χ2n) is 5.56. The van der Waals surface area contributed by atoms with Crippen LogP contribution in [0.1, 0.15) is 12.6 Å². The Labute approximate surface area is 146 Å². The maximum Gasteiger partial charge on any atom is 0.351 e. The van der Waals surface area contributed by atoms with Gasteiger partial charge < -0.3 is 14.2 Å². The van der Waals surface area contributed by atoms with Crippen molar-refractivity contribution in [2.45, 2.75) is 25.7 Å². The molecule has 0 radical (unpaired) electrons. The van der Waals surface area contributed by atoms with E-state index in [1.54, 1.807) is 36.7 Å². The molecule has 4 rings (SSSR count). The summed E-state index contributed by atoms with van der Waals surface area (Å²) in [6, 6.07) is 8.49. The Hall–Kier alpha value is -2.87. The first kappa shape index (κ1) is 15.6. The van der Waals surface area contributed by atoms with Crippen molar-refractivity contribution in [2.24, 2.45) is 0 Å². The number of esters is 1. The summed E-state index contributed by atoms with van der Waals surface area (Å²) in [5.41, 5.74) is 0.183. The third-order valence-corrected chi connectivity index (χ3v) is 4.55. The van der Waals surface area contributed by atoms with Crippen molar-refractivity contribution in [3.05, 3.63) is 58.0 Å². The van der Waals surface area contributed by atoms with Gasteiger partial charge in [0.2, 0.25) is 6.10 Å². The summed E-state index contributed by atoms with van der Waals surface area (Å²) in [7, 11) is 0. The van der Waals surface area contributed by atoms with Crippen molar-refractivity contribution in [3.63, 3.8) is 0 Å². The van der Waals surface area contributed by atoms with Crippen molar-refractivity contribution in [1.82, 2.24) is 9.38 Å². The van der Waals surface area contributed by atoms with E-state index in [-0.39, 0.29) is 12.2 Å². The number of hydrogen-bond donors (Lipinski definition) is 0. The number of ether oxygens (including phenoxy) is 3. The SMILES string of the molecule is C[C@H]1Oc2ccccc2O[C@H]1C(=O)OCc1cc(=O)n2ccsc2n1. The van der Waals surface area contributed by atoms with E-state index in [1.165, 1.54) is 21.8 Å². The van der Waals surface area contributed by atoms with Gasteiger partial charge in [0.1, 0.15) is 12.7 Å². The number of hydrogen-bond acceptors (Lipinski definition) is 7. The Morgan fingerprint density at radius 2 is 2.08 bits per heavy atom. The first-order valence-corrected chi connectivity index (χ1v) is 8.54. The molecular weight excluding hydrogens is 344 g/mol. The van der Waals surface area contributed by atoms with Gasteiger partial charge >= 0.3 is 5.97 Å². The minimum Gasteiger partial charge on any atom is -0.482 e. The molecule has 2 aromatic heterocycles. The van der Waals surface area contributed by atoms with Crippen LogP contribution in [0, 0.1) is 0 Å². The summed E-state index contributed by atoms with van der Waals surface area (Å²) in [4.78, 5) is 29.1. The number of thiazole rings is 1. The summed E-state index contributed by atoms with van der Waals surface area (Å²) in [6.45, 7) is 1.64. The van der Waals surface area contributed by atoms with Gasteiger partial charge in [-0.1, -0.05) is 12.1 Å². The zero-order valence-corrected chi connectivity index (χ0v) is 14.1. The fraction of sp³-hybridized carbons (Fsp3) is 0.235. The van der Waals surface area contributed by atoms with E-state index in [2.05, 4.69) is 4.98 Å². The highest BCUT2D eigenvalue weighted by Crippen LogP contribution is 2.33. The van der Waals surface area contributed by atoms with E-state index < -0.39 is 18.2 Å². The number of rotatable bonds is 3. The average molecular weight is 358 g/mol. The van der Waals surface area contributed by atoms with Gasteiger partial charge in [0.05, 0.1) is 5.69 Å². The minimum absolute atomic E-state index is 0.100. The maximum absolute atomic E-state index is 12.4. The van der Waals surface area contributed by atoms with Crippen LogP contribution in [0.2, 0.25) is 0 Å². The number of nitrogens with zero attached hydrogens (tertiary/aromatic N) is 2. The lowest BCUT2D eigenvalue weighted by atomic mass is 10.2. The van der Waals surface area contributed by atoms with Gasteiger partial charge in [-0.15, -0.1) is 11.3 Å². The van der Waals surface area contributed by atoms with Crippen molar-refractivity contribution in [1.29, 1.82) is 0 Å². The molecular formula is C17H14N2O5S. The molecule has 2 atom stereocenters. The number of benzene rings is 1. The summed E-state index contributed by atoms with van der Waals surface area (Å²) >= 11 is 1.34. The van der Waals surface area contributed by atoms with Crippen LogP contribution in [0.15, 0.2) is 46.7 Å². The zero-order valence-electron chi connectivity index (χ0n) is 13.2. The zero-order chi connectivity index (χ0) is 17.4. The highest BCUT2D eigenvalue weighted by Gasteiger charge is 2.35. The van der Waals surface area contributed by atoms with Crippen LogP contribution in [0.5, 0.6) is 11.5 Å². The van der Waals surface area contributed by atoms with E-state index in [0.29, 0.717) is 22.2 Å². The molecule has 0 unspecified atom stereocenters. The number of carbonyl (C=O) groups excluding carboxylic acids is 1. The van der Waals surface area contributed by atoms with Crippen molar-refractivity contribution in [3.8, 4) is 11.5 Å². The Morgan fingerprint density at radius 1 is 1.32 bits per heavy atom. The van der Waals surface area contributed by atoms with Gasteiger partial charge in [-0.05, 0) is 19.1 Å². The van der Waals surface area contributed by atoms with Crippen LogP contribution >= 0.6 is 11.3 Å². The molecule has 0 amide bonds. The number of para-hydroxylation sites is 2. The van der Waals surface area contributed by atoms with Crippen LogP contribution in [0.25, 0.3) is 4.96 Å². The fourth-order valence-corrected chi connectivity index (χ4v) is 3.31. The topological polar surface area (TPSA) is 79.1 Å². The first-order valence-electron chi connectivity index (χ1n) is 7.66. The number of fused-ring (bicyclic) bond motifs is 2. The van der Waals surface area contributed by atoms with Crippen LogP contribution in [-0.2, 0) is 16.1 Å². The Balaban J connectivity index is 1.47. The van der Waals surface area contributed by atoms with Crippen LogP contribution in [0.4, 0.5) is 0 Å². The third-order valence-electron chi connectivity index (χ3n) is 3.79. The molecule has 0 bridgehead atoms. The molecule has 0 saturated carbocycles. The molecule has 0 spiro atoms. The number of carbonyl (C=O) groups is 1. The van der Waals surface area contributed by atoms with Gasteiger partial charge in [-0.2, -0.15) is 0 Å². The molecule has 1 aliphatic rings. The molecule has 7 nitrogen and oxygen atoms in total. The normalized spacial score (nSPS) is 18.9. The highest BCUT2D eigenvalue weighted by molar-refractivity contribution is 7.15. The molecule has 8 heteroatoms. The molecule has 1 aliphatic heterocycles. The largest absolute Gasteiger partial charge is 0.482 e. The molecule has 0 fully saturated rings. The van der Waals surface area contributed by atoms with Gasteiger partial charge in [0, 0.05) is 17.6 Å². The molecule has 0 saturated heterocycles. The van der Waals surface area contributed by atoms with Crippen LogP contribution < -0.4 is 15.0 Å². The summed E-state index contributed by atoms with van der Waals surface area (Å²) < 4.78 is 18.1. The molecule has 0 aliphatic carbocycles. The third kappa shape index (κ3) is 2.96. The van der Waals surface area contributed by atoms with Gasteiger partial charge in [0.15, 0.2) is 16.5 Å². The van der Waals surface area contributed by atoms with E-state index in [1.807, 2.05) is 6.07 Å². The predicted octanol–water partition coefficient (Wildman–Crippen LogP) is 2.03. The predicted molar refractivity (Wildman–Crippen MR) is 90.1 cm³/mol. The van der Waals surface area contributed by atoms with E-state index in [4.69, 9.17) is 14.2 Å². The Bertz CT molecular complexity index is 996. The Kier molecular flexibility index (Phi) is 3.89. The van der Waals surface area contributed by atoms with Gasteiger partial charge in [-0.3, -0.25) is 9.20 Å². The lowest BCUT2D eigenvalue weighted by Crippen LogP contribution is -2.44. The molecule has 0 N–H and O–H groups in total. The molecule has 1 aromatic carbocycles. The van der Waals surface area contributed by atoms with E-state index in [9.17, 15) is 9.59 Å². The van der Waals surface area contributed by atoms with Crippen molar-refractivity contribution >= 4 is 22.3 Å². The quantitative estimate of drug-likeness (QED) is 0.667. The second-order valence-corrected chi connectivity index (χ2v) is 6.43. The summed E-state index contributed by atoms with van der Waals surface area (Å²) in [5, 5.41) is 1.77. The van der Waals surface area contributed by atoms with E-state index in [0.717, 1.165) is 0 Å². The maximum atomic E-state index is 12.4. The van der Waals surface area contributed by atoms with Gasteiger partial charge in [0.25, 0.3) is 5.56 Å². The van der Waals surface area contributed by atoms with Crippen LogP contribution in [-0.4, -0.2) is 27.6 Å². The average Bonchev–Trinajstić information content (AvgIpc) is 3.08. The fourth-order valence-electron chi connectivity index (χ4n) is 2.57. The lowest BCUT2D eigenvalue weighted by molar-refractivity contribution is -0.159. The standard InChI is InChI=1S/C17H14N2O5S/c1-10-15(24-13-5-3-2-4-12(13)23-10)16(21)22-9-11-8-14(20)19-6-7-25-17(19)18-11/h2-8,10,15H,9H2,1H3/t10-,15-/m1/s1. The first-order chi connectivity index (χ1) is 12.1. The van der Waals surface area contributed by atoms with E-state index >= 15 is 0 Å². The minimum atomic E-state index is -0.874.